The van der Waals surface area contributed by atoms with Crippen molar-refractivity contribution in [2.45, 2.75) is 32.6 Å². The highest BCUT2D eigenvalue weighted by Crippen LogP contribution is 2.30. The fourth-order valence-electron chi connectivity index (χ4n) is 3.92. The average Bonchev–Trinajstić information content (AvgIpc) is 3.17. The number of hydrogen-bond donors (Lipinski definition) is 0. The van der Waals surface area contributed by atoms with Crippen molar-refractivity contribution in [2.24, 2.45) is 0 Å². The number of rotatable bonds is 4. The van der Waals surface area contributed by atoms with Crippen LogP contribution >= 0.6 is 11.3 Å². The van der Waals surface area contributed by atoms with Crippen molar-refractivity contribution in [1.82, 2.24) is 9.29 Å². The number of aryl methyl sites for hydroxylation is 3. The molecule has 4 rings (SSSR count). The van der Waals surface area contributed by atoms with Crippen LogP contribution in [-0.4, -0.2) is 43.9 Å². The van der Waals surface area contributed by atoms with Gasteiger partial charge in [0.1, 0.15) is 0 Å². The van der Waals surface area contributed by atoms with E-state index in [2.05, 4.69) is 41.9 Å². The van der Waals surface area contributed by atoms with E-state index in [1.807, 2.05) is 31.4 Å². The van der Waals surface area contributed by atoms with E-state index in [4.69, 9.17) is 0 Å². The molecule has 0 unspecified atom stereocenters. The third kappa shape index (κ3) is 3.89. The summed E-state index contributed by atoms with van der Waals surface area (Å²) >= 11 is 1.57. The maximum absolute atomic E-state index is 13.5. The number of piperazine rings is 1. The molecule has 3 aromatic rings. The fraction of sp³-hybridized carbons (Fsp3) is 0.348. The molecule has 1 fully saturated rings. The van der Waals surface area contributed by atoms with Crippen molar-refractivity contribution >= 4 is 27.0 Å². The normalized spacial score (nSPS) is 15.5. The topological polar surface area (TPSA) is 53.5 Å². The van der Waals surface area contributed by atoms with Crippen molar-refractivity contribution in [3.05, 3.63) is 63.5 Å². The van der Waals surface area contributed by atoms with Crippen LogP contribution in [0.2, 0.25) is 0 Å². The van der Waals surface area contributed by atoms with Gasteiger partial charge in [-0.3, -0.25) is 0 Å². The van der Waals surface area contributed by atoms with E-state index in [1.165, 1.54) is 16.8 Å². The molecule has 1 saturated heterocycles. The van der Waals surface area contributed by atoms with Gasteiger partial charge in [-0.05, 0) is 56.5 Å². The average molecular weight is 442 g/mol. The molecule has 0 saturated carbocycles. The van der Waals surface area contributed by atoms with Gasteiger partial charge in [-0.2, -0.15) is 4.31 Å². The zero-order chi connectivity index (χ0) is 21.5. The first-order valence-electron chi connectivity index (χ1n) is 10.1. The number of nitrogens with zero attached hydrogens (tertiary/aromatic N) is 3. The molecule has 0 amide bonds. The molecule has 7 heteroatoms. The Kier molecular flexibility index (Phi) is 5.70. The Labute approximate surface area is 183 Å². The molecule has 2 aromatic carbocycles. The van der Waals surface area contributed by atoms with E-state index < -0.39 is 10.0 Å². The molecule has 30 heavy (non-hydrogen) atoms. The third-order valence-corrected chi connectivity index (χ3v) is 8.69. The lowest BCUT2D eigenvalue weighted by Gasteiger charge is -2.36. The lowest BCUT2D eigenvalue weighted by molar-refractivity contribution is 0.384. The first-order chi connectivity index (χ1) is 14.3. The summed E-state index contributed by atoms with van der Waals surface area (Å²) < 4.78 is 28.5. The number of sulfonamides is 1. The maximum atomic E-state index is 13.5. The number of aromatic nitrogens is 1. The van der Waals surface area contributed by atoms with Crippen molar-refractivity contribution in [3.63, 3.8) is 0 Å². The molecule has 1 aliphatic heterocycles. The minimum absolute atomic E-state index is 0.380. The van der Waals surface area contributed by atoms with Gasteiger partial charge in [0.25, 0.3) is 0 Å². The van der Waals surface area contributed by atoms with Gasteiger partial charge >= 0.3 is 0 Å². The van der Waals surface area contributed by atoms with Crippen molar-refractivity contribution in [3.8, 4) is 11.3 Å². The molecule has 1 aromatic heterocycles. The van der Waals surface area contributed by atoms with Crippen LogP contribution in [0.4, 0.5) is 5.69 Å². The summed E-state index contributed by atoms with van der Waals surface area (Å²) in [5, 5.41) is 2.94. The number of anilines is 1. The van der Waals surface area contributed by atoms with Crippen LogP contribution < -0.4 is 4.90 Å². The molecule has 0 bridgehead atoms. The van der Waals surface area contributed by atoms with E-state index in [9.17, 15) is 8.42 Å². The molecule has 0 spiro atoms. The van der Waals surface area contributed by atoms with Crippen LogP contribution in [0.3, 0.4) is 0 Å². The Hall–Kier alpha value is -2.22. The highest BCUT2D eigenvalue weighted by Gasteiger charge is 2.30. The molecule has 1 aliphatic rings. The zero-order valence-corrected chi connectivity index (χ0v) is 19.5. The van der Waals surface area contributed by atoms with Gasteiger partial charge in [0.2, 0.25) is 10.0 Å². The lowest BCUT2D eigenvalue weighted by Crippen LogP contribution is -2.49. The Morgan fingerprint density at radius 1 is 0.933 bits per heavy atom. The third-order valence-electron chi connectivity index (χ3n) is 5.88. The highest BCUT2D eigenvalue weighted by atomic mass is 32.2. The summed E-state index contributed by atoms with van der Waals surface area (Å²) in [5.41, 5.74) is 6.15. The van der Waals surface area contributed by atoms with Gasteiger partial charge in [-0.1, -0.05) is 24.3 Å². The van der Waals surface area contributed by atoms with E-state index in [0.717, 1.165) is 21.8 Å². The predicted octanol–water partition coefficient (Wildman–Crippen LogP) is 4.55. The van der Waals surface area contributed by atoms with Gasteiger partial charge < -0.3 is 4.90 Å². The summed E-state index contributed by atoms with van der Waals surface area (Å²) in [4.78, 5) is 7.18. The second-order valence-electron chi connectivity index (χ2n) is 7.84. The van der Waals surface area contributed by atoms with Crippen molar-refractivity contribution in [2.75, 3.05) is 31.1 Å². The van der Waals surface area contributed by atoms with Crippen LogP contribution in [0.25, 0.3) is 11.3 Å². The molecule has 0 radical (unpaired) electrons. The molecule has 5 nitrogen and oxygen atoms in total. The number of benzene rings is 2. The van der Waals surface area contributed by atoms with Gasteiger partial charge in [-0.25, -0.2) is 13.4 Å². The molecule has 2 heterocycles. The standard InChI is InChI=1S/C23H27N3O2S2/c1-16-6-5-7-22(18(16)3)25-10-12-26(13-11-25)30(27,28)23-14-20(9-8-17(23)2)21-15-29-19(4)24-21/h5-9,14-15H,10-13H2,1-4H3. The highest BCUT2D eigenvalue weighted by molar-refractivity contribution is 7.89. The largest absolute Gasteiger partial charge is 0.369 e. The van der Waals surface area contributed by atoms with E-state index in [-0.39, 0.29) is 0 Å². The summed E-state index contributed by atoms with van der Waals surface area (Å²) in [6.07, 6.45) is 0. The summed E-state index contributed by atoms with van der Waals surface area (Å²) in [7, 11) is -3.56. The van der Waals surface area contributed by atoms with Gasteiger partial charge in [0.15, 0.2) is 0 Å². The Bertz CT molecular complexity index is 1180. The van der Waals surface area contributed by atoms with E-state index in [1.54, 1.807) is 21.7 Å². The minimum Gasteiger partial charge on any atom is -0.369 e. The van der Waals surface area contributed by atoms with Crippen molar-refractivity contribution < 1.29 is 8.42 Å². The first kappa shape index (κ1) is 21.0. The van der Waals surface area contributed by atoms with Crippen molar-refractivity contribution in [1.29, 1.82) is 0 Å². The van der Waals surface area contributed by atoms with Crippen LogP contribution in [-0.2, 0) is 10.0 Å². The van der Waals surface area contributed by atoms with Crippen LogP contribution in [0.1, 0.15) is 21.7 Å². The first-order valence-corrected chi connectivity index (χ1v) is 12.4. The molecule has 0 aliphatic carbocycles. The van der Waals surface area contributed by atoms with Crippen LogP contribution in [0, 0.1) is 27.7 Å². The zero-order valence-electron chi connectivity index (χ0n) is 17.8. The van der Waals surface area contributed by atoms with Crippen LogP contribution in [0.5, 0.6) is 0 Å². The molecule has 0 N–H and O–H groups in total. The predicted molar refractivity (Wildman–Crippen MR) is 124 cm³/mol. The Balaban J connectivity index is 1.57. The quantitative estimate of drug-likeness (QED) is 0.596. The maximum Gasteiger partial charge on any atom is 0.243 e. The lowest BCUT2D eigenvalue weighted by atomic mass is 10.1. The monoisotopic (exact) mass is 441 g/mol. The minimum atomic E-state index is -3.56. The smallest absolute Gasteiger partial charge is 0.243 e. The van der Waals surface area contributed by atoms with E-state index in [0.29, 0.717) is 31.1 Å². The number of thiazole rings is 1. The second kappa shape index (κ2) is 8.13. The van der Waals surface area contributed by atoms with Gasteiger partial charge in [-0.15, -0.1) is 11.3 Å². The Morgan fingerprint density at radius 2 is 1.67 bits per heavy atom. The van der Waals surface area contributed by atoms with Gasteiger partial charge in [0.05, 0.1) is 15.6 Å². The van der Waals surface area contributed by atoms with Gasteiger partial charge in [0, 0.05) is 42.8 Å². The fourth-order valence-corrected chi connectivity index (χ4v) is 6.22. The second-order valence-corrected chi connectivity index (χ2v) is 10.8. The SMILES string of the molecule is Cc1nc(-c2ccc(C)c(S(=O)(=O)N3CCN(c4cccc(C)c4C)CC3)c2)cs1. The molecular weight excluding hydrogens is 414 g/mol. The molecule has 0 atom stereocenters. The summed E-state index contributed by atoms with van der Waals surface area (Å²) in [5.74, 6) is 0. The van der Waals surface area contributed by atoms with E-state index >= 15 is 0 Å². The summed E-state index contributed by atoms with van der Waals surface area (Å²) in [6.45, 7) is 10.4. The molecule has 158 valence electrons. The summed E-state index contributed by atoms with van der Waals surface area (Å²) in [6, 6.07) is 11.9. The number of hydrogen-bond acceptors (Lipinski definition) is 5. The van der Waals surface area contributed by atoms with Crippen LogP contribution in [0.15, 0.2) is 46.7 Å². The molecular formula is C23H27N3O2S2. The Morgan fingerprint density at radius 3 is 2.33 bits per heavy atom.